The van der Waals surface area contributed by atoms with E-state index in [0.717, 1.165) is 38.5 Å². The lowest BCUT2D eigenvalue weighted by Crippen LogP contribution is -2.28. The molecule has 0 aliphatic carbocycles. The number of hydroxylamine groups is 2. The number of nitrogens with one attached hydrogen (secondary N) is 2. The minimum Gasteiger partial charge on any atom is -0.363 e. The summed E-state index contributed by atoms with van der Waals surface area (Å²) in [6.45, 7) is 1.47. The standard InChI is InChI=1S/C30H24N4O4/c35-28-25(22-15-31-24-12-5-4-10-20(22)24)26(29(36)32-28)23-17-33-13-14-34(16-19-9-6-11-21(23)27(19)33)38-30(37)18-7-2-1-3-8-18/h1-12,15,17,25-26,31H,13-14,16H2,(H,32,35,36). The van der Waals surface area contributed by atoms with Crippen LogP contribution in [0.5, 0.6) is 0 Å². The second-order valence-electron chi connectivity index (χ2n) is 9.80. The molecule has 8 heteroatoms. The Morgan fingerprint density at radius 2 is 1.55 bits per heavy atom. The molecule has 2 unspecified atom stereocenters. The molecular weight excluding hydrogens is 480 g/mol. The Balaban J connectivity index is 1.26. The number of fused-ring (bicyclic) bond motifs is 1. The first kappa shape index (κ1) is 22.5. The fourth-order valence-electron chi connectivity index (χ4n) is 5.90. The Kier molecular flexibility index (Phi) is 5.16. The molecule has 3 aromatic carbocycles. The maximum Gasteiger partial charge on any atom is 0.357 e. The number of aromatic amines is 1. The SMILES string of the molecule is O=C(ON1CCn2cc(C3C(=O)NC(=O)C3c3c[nH]c4ccccc34)c3cccc(c32)C1)c1ccccc1. The zero-order valence-corrected chi connectivity index (χ0v) is 20.4. The van der Waals surface area contributed by atoms with Gasteiger partial charge >= 0.3 is 5.97 Å². The van der Waals surface area contributed by atoms with Crippen LogP contribution in [-0.4, -0.2) is 38.9 Å². The first-order valence-corrected chi connectivity index (χ1v) is 12.6. The highest BCUT2D eigenvalue weighted by Crippen LogP contribution is 2.44. The number of rotatable bonds is 4. The van der Waals surface area contributed by atoms with E-state index < -0.39 is 17.8 Å². The van der Waals surface area contributed by atoms with E-state index in [-0.39, 0.29) is 11.8 Å². The van der Waals surface area contributed by atoms with E-state index in [4.69, 9.17) is 4.84 Å². The molecule has 4 heterocycles. The van der Waals surface area contributed by atoms with Gasteiger partial charge in [-0.05, 0) is 34.9 Å². The van der Waals surface area contributed by atoms with Crippen molar-refractivity contribution in [1.29, 1.82) is 0 Å². The molecule has 38 heavy (non-hydrogen) atoms. The summed E-state index contributed by atoms with van der Waals surface area (Å²) in [5, 5.41) is 6.13. The molecule has 2 atom stereocenters. The van der Waals surface area contributed by atoms with Crippen molar-refractivity contribution in [2.45, 2.75) is 24.9 Å². The summed E-state index contributed by atoms with van der Waals surface area (Å²) < 4.78 is 2.11. The topological polar surface area (TPSA) is 96.4 Å². The smallest absolute Gasteiger partial charge is 0.357 e. The lowest BCUT2D eigenvalue weighted by molar-refractivity contribution is -0.125. The average molecular weight is 505 g/mol. The van der Waals surface area contributed by atoms with Crippen molar-refractivity contribution in [3.63, 3.8) is 0 Å². The molecular formula is C30H24N4O4. The Labute approximate surface area is 217 Å². The summed E-state index contributed by atoms with van der Waals surface area (Å²) in [4.78, 5) is 48.0. The highest BCUT2D eigenvalue weighted by molar-refractivity contribution is 6.13. The molecule has 0 bridgehead atoms. The molecule has 1 fully saturated rings. The van der Waals surface area contributed by atoms with Gasteiger partial charge in [0.05, 0.1) is 36.0 Å². The van der Waals surface area contributed by atoms with E-state index in [1.807, 2.05) is 60.9 Å². The molecule has 0 spiro atoms. The fourth-order valence-corrected chi connectivity index (χ4v) is 5.90. The van der Waals surface area contributed by atoms with Gasteiger partial charge in [0.25, 0.3) is 0 Å². The summed E-state index contributed by atoms with van der Waals surface area (Å²) in [5.41, 5.74) is 5.05. The lowest BCUT2D eigenvalue weighted by atomic mass is 9.83. The van der Waals surface area contributed by atoms with Crippen LogP contribution >= 0.6 is 0 Å². The van der Waals surface area contributed by atoms with E-state index in [9.17, 15) is 14.4 Å². The molecule has 2 N–H and O–H groups in total. The second kappa shape index (κ2) is 8.71. The van der Waals surface area contributed by atoms with Gasteiger partial charge in [0.15, 0.2) is 0 Å². The first-order chi connectivity index (χ1) is 18.6. The molecule has 5 aromatic rings. The number of hydrogen-bond acceptors (Lipinski definition) is 5. The molecule has 188 valence electrons. The van der Waals surface area contributed by atoms with Gasteiger partial charge in [-0.1, -0.05) is 54.6 Å². The van der Waals surface area contributed by atoms with Crippen LogP contribution in [0.25, 0.3) is 21.8 Å². The number of amides is 2. The predicted molar refractivity (Wildman–Crippen MR) is 141 cm³/mol. The summed E-state index contributed by atoms with van der Waals surface area (Å²) in [6, 6.07) is 22.7. The van der Waals surface area contributed by atoms with Crippen LogP contribution in [0.2, 0.25) is 0 Å². The maximum atomic E-state index is 13.2. The highest BCUT2D eigenvalue weighted by atomic mass is 16.7. The van der Waals surface area contributed by atoms with Crippen LogP contribution in [0.1, 0.15) is 38.9 Å². The van der Waals surface area contributed by atoms with Crippen LogP contribution in [0, 0.1) is 0 Å². The number of carbonyl (C=O) groups is 3. The molecule has 0 saturated carbocycles. The van der Waals surface area contributed by atoms with E-state index in [0.29, 0.717) is 25.2 Å². The van der Waals surface area contributed by atoms with E-state index in [2.05, 4.69) is 14.9 Å². The van der Waals surface area contributed by atoms with Crippen molar-refractivity contribution in [2.75, 3.05) is 6.54 Å². The number of imide groups is 1. The van der Waals surface area contributed by atoms with E-state index >= 15 is 0 Å². The van der Waals surface area contributed by atoms with Gasteiger partial charge in [0, 0.05) is 35.2 Å². The highest BCUT2D eigenvalue weighted by Gasteiger charge is 2.45. The van der Waals surface area contributed by atoms with Gasteiger partial charge < -0.3 is 14.4 Å². The summed E-state index contributed by atoms with van der Waals surface area (Å²) in [6.07, 6.45) is 3.83. The zero-order chi connectivity index (χ0) is 25.8. The molecule has 8 nitrogen and oxygen atoms in total. The van der Waals surface area contributed by atoms with Crippen LogP contribution < -0.4 is 5.32 Å². The second-order valence-corrected chi connectivity index (χ2v) is 9.80. The molecule has 2 aromatic heterocycles. The minimum atomic E-state index is -0.646. The van der Waals surface area contributed by atoms with Crippen molar-refractivity contribution in [3.8, 4) is 0 Å². The number of aromatic nitrogens is 2. The summed E-state index contributed by atoms with van der Waals surface area (Å²) >= 11 is 0. The van der Waals surface area contributed by atoms with Gasteiger partial charge in [-0.15, -0.1) is 5.06 Å². The van der Waals surface area contributed by atoms with Gasteiger partial charge in [-0.3, -0.25) is 14.9 Å². The number of para-hydroxylation sites is 2. The summed E-state index contributed by atoms with van der Waals surface area (Å²) in [5.74, 6) is -2.24. The summed E-state index contributed by atoms with van der Waals surface area (Å²) in [7, 11) is 0. The number of benzene rings is 3. The third kappa shape index (κ3) is 3.53. The van der Waals surface area contributed by atoms with Crippen LogP contribution in [0.3, 0.4) is 0 Å². The third-order valence-electron chi connectivity index (χ3n) is 7.61. The van der Waals surface area contributed by atoms with Crippen molar-refractivity contribution < 1.29 is 19.2 Å². The average Bonchev–Trinajstić information content (AvgIpc) is 3.56. The molecule has 0 radical (unpaired) electrons. The van der Waals surface area contributed by atoms with Gasteiger partial charge in [0.2, 0.25) is 11.8 Å². The van der Waals surface area contributed by atoms with Crippen LogP contribution in [0.15, 0.2) is 85.2 Å². The largest absolute Gasteiger partial charge is 0.363 e. The first-order valence-electron chi connectivity index (χ1n) is 12.6. The Morgan fingerprint density at radius 3 is 2.39 bits per heavy atom. The normalized spacial score (nSPS) is 19.6. The Morgan fingerprint density at radius 1 is 0.816 bits per heavy atom. The van der Waals surface area contributed by atoms with Crippen LogP contribution in [0.4, 0.5) is 0 Å². The minimum absolute atomic E-state index is 0.284. The zero-order valence-electron chi connectivity index (χ0n) is 20.4. The van der Waals surface area contributed by atoms with Crippen molar-refractivity contribution in [2.24, 2.45) is 0 Å². The number of nitrogens with zero attached hydrogens (tertiary/aromatic N) is 2. The van der Waals surface area contributed by atoms with Gasteiger partial charge in [-0.2, -0.15) is 0 Å². The molecule has 2 amide bonds. The van der Waals surface area contributed by atoms with Gasteiger partial charge in [0.1, 0.15) is 0 Å². The Hall–Kier alpha value is -4.69. The molecule has 7 rings (SSSR count). The van der Waals surface area contributed by atoms with Crippen LogP contribution in [-0.2, 0) is 27.5 Å². The van der Waals surface area contributed by atoms with E-state index in [1.54, 1.807) is 29.3 Å². The predicted octanol–water partition coefficient (Wildman–Crippen LogP) is 4.23. The quantitative estimate of drug-likeness (QED) is 0.357. The molecule has 2 aliphatic heterocycles. The third-order valence-corrected chi connectivity index (χ3v) is 7.61. The number of carbonyl (C=O) groups excluding carboxylic acids is 3. The fraction of sp³-hybridized carbons (Fsp3) is 0.167. The molecule has 1 saturated heterocycles. The molecule has 2 aliphatic rings. The van der Waals surface area contributed by atoms with Crippen molar-refractivity contribution in [3.05, 3.63) is 107 Å². The number of hydrogen-bond donors (Lipinski definition) is 2. The monoisotopic (exact) mass is 504 g/mol. The lowest BCUT2D eigenvalue weighted by Gasteiger charge is -2.20. The van der Waals surface area contributed by atoms with E-state index in [1.165, 1.54) is 0 Å². The Bertz CT molecular complexity index is 1740. The van der Waals surface area contributed by atoms with Gasteiger partial charge in [-0.25, -0.2) is 4.79 Å². The van der Waals surface area contributed by atoms with Crippen molar-refractivity contribution in [1.82, 2.24) is 19.9 Å². The van der Waals surface area contributed by atoms with Crippen molar-refractivity contribution >= 4 is 39.6 Å². The maximum absolute atomic E-state index is 13.2. The number of H-pyrrole nitrogens is 1.